The lowest BCUT2D eigenvalue weighted by Gasteiger charge is -2.36. The molecule has 0 radical (unpaired) electrons. The van der Waals surface area contributed by atoms with Crippen molar-refractivity contribution in [1.29, 1.82) is 0 Å². The number of piperazine rings is 1. The van der Waals surface area contributed by atoms with Crippen molar-refractivity contribution in [1.82, 2.24) is 15.2 Å². The van der Waals surface area contributed by atoms with E-state index < -0.39 is 0 Å². The van der Waals surface area contributed by atoms with Crippen LogP contribution in [-0.2, 0) is 6.54 Å². The summed E-state index contributed by atoms with van der Waals surface area (Å²) < 4.78 is 13.1. The molecule has 1 N–H and O–H groups in total. The van der Waals surface area contributed by atoms with E-state index in [-0.39, 0.29) is 5.82 Å². The van der Waals surface area contributed by atoms with Gasteiger partial charge >= 0.3 is 0 Å². The highest BCUT2D eigenvalue weighted by molar-refractivity contribution is 5.49. The number of rotatable bonds is 5. The lowest BCUT2D eigenvalue weighted by molar-refractivity contribution is 0.624. The van der Waals surface area contributed by atoms with Gasteiger partial charge in [0.2, 0.25) is 5.95 Å². The zero-order valence-electron chi connectivity index (χ0n) is 15.8. The molecule has 1 aliphatic rings. The van der Waals surface area contributed by atoms with Gasteiger partial charge in [-0.15, -0.1) is 5.10 Å². The van der Waals surface area contributed by atoms with E-state index in [2.05, 4.69) is 49.4 Å². The van der Waals surface area contributed by atoms with Gasteiger partial charge in [0.1, 0.15) is 5.82 Å². The normalized spacial score (nSPS) is 14.2. The maximum absolute atomic E-state index is 13.1. The van der Waals surface area contributed by atoms with Crippen molar-refractivity contribution in [3.63, 3.8) is 0 Å². The van der Waals surface area contributed by atoms with E-state index in [1.165, 1.54) is 23.3 Å². The van der Waals surface area contributed by atoms with Gasteiger partial charge in [0, 0.05) is 38.4 Å². The van der Waals surface area contributed by atoms with E-state index in [0.717, 1.165) is 37.7 Å². The third-order valence-corrected chi connectivity index (χ3v) is 5.04. The quantitative estimate of drug-likeness (QED) is 0.736. The SMILES string of the molecule is Cc1ccccc1CNc1nncc(N2CCN(c3ccc(F)cc3)CC2)n1. The Kier molecular flexibility index (Phi) is 5.32. The highest BCUT2D eigenvalue weighted by atomic mass is 19.1. The van der Waals surface area contributed by atoms with E-state index in [4.69, 9.17) is 0 Å². The smallest absolute Gasteiger partial charge is 0.244 e. The summed E-state index contributed by atoms with van der Waals surface area (Å²) in [4.78, 5) is 9.08. The number of anilines is 3. The molecule has 7 heteroatoms. The standard InChI is InChI=1S/C21H23FN6/c1-16-4-2-3-5-17(16)14-23-21-25-20(15-24-26-21)28-12-10-27(11-13-28)19-8-6-18(22)7-9-19/h2-9,15H,10-14H2,1H3,(H,23,25,26). The maximum Gasteiger partial charge on any atom is 0.244 e. The van der Waals surface area contributed by atoms with Crippen LogP contribution in [0.2, 0.25) is 0 Å². The average Bonchev–Trinajstić information content (AvgIpc) is 2.74. The molecule has 0 spiro atoms. The average molecular weight is 378 g/mol. The van der Waals surface area contributed by atoms with Crippen LogP contribution in [-0.4, -0.2) is 41.4 Å². The predicted molar refractivity (Wildman–Crippen MR) is 109 cm³/mol. The lowest BCUT2D eigenvalue weighted by atomic mass is 10.1. The van der Waals surface area contributed by atoms with E-state index in [1.807, 2.05) is 24.3 Å². The Bertz CT molecular complexity index is 922. The first-order chi connectivity index (χ1) is 13.7. The minimum absolute atomic E-state index is 0.208. The molecule has 0 amide bonds. The summed E-state index contributed by atoms with van der Waals surface area (Å²) in [5.74, 6) is 1.14. The number of aryl methyl sites for hydroxylation is 1. The Morgan fingerprint density at radius 3 is 2.43 bits per heavy atom. The van der Waals surface area contributed by atoms with Gasteiger partial charge in [-0.1, -0.05) is 24.3 Å². The van der Waals surface area contributed by atoms with Gasteiger partial charge in [-0.3, -0.25) is 0 Å². The molecule has 1 saturated heterocycles. The maximum atomic E-state index is 13.1. The number of hydrogen-bond acceptors (Lipinski definition) is 6. The molecule has 6 nitrogen and oxygen atoms in total. The van der Waals surface area contributed by atoms with Gasteiger partial charge in [-0.05, 0) is 42.3 Å². The number of aromatic nitrogens is 3. The van der Waals surface area contributed by atoms with E-state index >= 15 is 0 Å². The van der Waals surface area contributed by atoms with Crippen LogP contribution in [0.1, 0.15) is 11.1 Å². The summed E-state index contributed by atoms with van der Waals surface area (Å²) in [5, 5.41) is 11.5. The van der Waals surface area contributed by atoms with Crippen molar-refractivity contribution in [2.75, 3.05) is 41.3 Å². The Labute approximate surface area is 164 Å². The molecular formula is C21H23FN6. The minimum Gasteiger partial charge on any atom is -0.368 e. The molecule has 0 unspecified atom stereocenters. The van der Waals surface area contributed by atoms with Gasteiger partial charge in [0.05, 0.1) is 6.20 Å². The van der Waals surface area contributed by atoms with Crippen LogP contribution < -0.4 is 15.1 Å². The van der Waals surface area contributed by atoms with Crippen molar-refractivity contribution in [2.24, 2.45) is 0 Å². The second-order valence-electron chi connectivity index (χ2n) is 6.87. The predicted octanol–water partition coefficient (Wildman–Crippen LogP) is 3.26. The molecule has 3 aromatic rings. The summed E-state index contributed by atoms with van der Waals surface area (Å²) in [6, 6.07) is 14.9. The van der Waals surface area contributed by atoms with Crippen LogP contribution in [0.4, 0.5) is 21.8 Å². The topological polar surface area (TPSA) is 57.2 Å². The van der Waals surface area contributed by atoms with Crippen LogP contribution in [0.15, 0.2) is 54.7 Å². The molecule has 144 valence electrons. The van der Waals surface area contributed by atoms with Crippen molar-refractivity contribution in [3.05, 3.63) is 71.7 Å². The third kappa shape index (κ3) is 4.19. The summed E-state index contributed by atoms with van der Waals surface area (Å²) in [5.41, 5.74) is 3.49. The fourth-order valence-electron chi connectivity index (χ4n) is 3.35. The van der Waals surface area contributed by atoms with Crippen molar-refractivity contribution in [2.45, 2.75) is 13.5 Å². The number of nitrogens with zero attached hydrogens (tertiary/aromatic N) is 5. The van der Waals surface area contributed by atoms with Gasteiger partial charge in [-0.2, -0.15) is 10.1 Å². The summed E-state index contributed by atoms with van der Waals surface area (Å²) in [6.07, 6.45) is 1.70. The summed E-state index contributed by atoms with van der Waals surface area (Å²) in [6.45, 7) is 6.10. The molecule has 0 atom stereocenters. The Morgan fingerprint density at radius 1 is 0.964 bits per heavy atom. The highest BCUT2D eigenvalue weighted by Gasteiger charge is 2.19. The van der Waals surface area contributed by atoms with E-state index in [0.29, 0.717) is 12.5 Å². The first-order valence-electron chi connectivity index (χ1n) is 9.42. The summed E-state index contributed by atoms with van der Waals surface area (Å²) in [7, 11) is 0. The zero-order valence-corrected chi connectivity index (χ0v) is 15.8. The van der Waals surface area contributed by atoms with Gasteiger partial charge in [0.25, 0.3) is 0 Å². The van der Waals surface area contributed by atoms with Crippen LogP contribution in [0.3, 0.4) is 0 Å². The van der Waals surface area contributed by atoms with E-state index in [1.54, 1.807) is 6.20 Å². The van der Waals surface area contributed by atoms with Crippen LogP contribution in [0.25, 0.3) is 0 Å². The fourth-order valence-corrected chi connectivity index (χ4v) is 3.35. The second-order valence-corrected chi connectivity index (χ2v) is 6.87. The van der Waals surface area contributed by atoms with Gasteiger partial charge in [0.15, 0.2) is 5.82 Å². The second kappa shape index (κ2) is 8.21. The van der Waals surface area contributed by atoms with Crippen LogP contribution in [0, 0.1) is 12.7 Å². The molecule has 0 bridgehead atoms. The molecule has 1 aliphatic heterocycles. The Balaban J connectivity index is 1.37. The summed E-state index contributed by atoms with van der Waals surface area (Å²) >= 11 is 0. The zero-order chi connectivity index (χ0) is 19.3. The molecule has 0 saturated carbocycles. The van der Waals surface area contributed by atoms with Crippen molar-refractivity contribution in [3.8, 4) is 0 Å². The monoisotopic (exact) mass is 378 g/mol. The molecule has 2 heterocycles. The van der Waals surface area contributed by atoms with Crippen molar-refractivity contribution >= 4 is 17.5 Å². The molecule has 2 aromatic carbocycles. The molecule has 0 aliphatic carbocycles. The van der Waals surface area contributed by atoms with Crippen molar-refractivity contribution < 1.29 is 4.39 Å². The third-order valence-electron chi connectivity index (χ3n) is 5.04. The molecule has 1 fully saturated rings. The molecular weight excluding hydrogens is 355 g/mol. The van der Waals surface area contributed by atoms with Crippen LogP contribution in [0.5, 0.6) is 0 Å². The van der Waals surface area contributed by atoms with Gasteiger partial charge in [-0.25, -0.2) is 4.39 Å². The number of nitrogens with one attached hydrogen (secondary N) is 1. The number of hydrogen-bond donors (Lipinski definition) is 1. The Hall–Kier alpha value is -3.22. The lowest BCUT2D eigenvalue weighted by Crippen LogP contribution is -2.47. The highest BCUT2D eigenvalue weighted by Crippen LogP contribution is 2.20. The Morgan fingerprint density at radius 2 is 1.68 bits per heavy atom. The van der Waals surface area contributed by atoms with Gasteiger partial charge < -0.3 is 15.1 Å². The fraction of sp³-hybridized carbons (Fsp3) is 0.286. The minimum atomic E-state index is -0.208. The first kappa shape index (κ1) is 18.2. The first-order valence-corrected chi connectivity index (χ1v) is 9.42. The largest absolute Gasteiger partial charge is 0.368 e. The number of halogens is 1. The number of benzene rings is 2. The van der Waals surface area contributed by atoms with Crippen LogP contribution >= 0.6 is 0 Å². The molecule has 4 rings (SSSR count). The molecule has 28 heavy (non-hydrogen) atoms. The molecule has 1 aromatic heterocycles. The van der Waals surface area contributed by atoms with E-state index in [9.17, 15) is 4.39 Å².